The maximum atomic E-state index is 14.7. The first-order valence-electron chi connectivity index (χ1n) is 11.3. The fourth-order valence-electron chi connectivity index (χ4n) is 4.12. The Morgan fingerprint density at radius 2 is 1.92 bits per heavy atom. The van der Waals surface area contributed by atoms with Crippen molar-refractivity contribution in [3.8, 4) is 17.3 Å². The average molecular weight is 561 g/mol. The molecule has 0 saturated heterocycles. The lowest BCUT2D eigenvalue weighted by Gasteiger charge is -2.15. The van der Waals surface area contributed by atoms with E-state index in [1.165, 1.54) is 42.6 Å². The molecular formula is C26H17Cl2F3N4O3. The fourth-order valence-corrected chi connectivity index (χ4v) is 4.59. The lowest BCUT2D eigenvalue weighted by atomic mass is 10.1. The van der Waals surface area contributed by atoms with Gasteiger partial charge in [-0.1, -0.05) is 40.5 Å². The molecule has 2 aromatic carbocycles. The van der Waals surface area contributed by atoms with E-state index in [-0.39, 0.29) is 34.9 Å². The molecule has 0 radical (unpaired) electrons. The van der Waals surface area contributed by atoms with Crippen molar-refractivity contribution in [3.05, 3.63) is 93.6 Å². The van der Waals surface area contributed by atoms with Gasteiger partial charge in [0.05, 0.1) is 12.2 Å². The number of carbonyl (C=O) groups is 1. The highest BCUT2D eigenvalue weighted by Crippen LogP contribution is 2.41. The third-order valence-corrected chi connectivity index (χ3v) is 6.29. The number of carbonyl (C=O) groups excluding carboxylic acids is 1. The molecule has 0 N–H and O–H groups in total. The van der Waals surface area contributed by atoms with Gasteiger partial charge in [0, 0.05) is 33.7 Å². The van der Waals surface area contributed by atoms with Crippen molar-refractivity contribution < 1.29 is 27.2 Å². The number of hydrogen-bond acceptors (Lipinski definition) is 6. The van der Waals surface area contributed by atoms with Crippen molar-refractivity contribution in [2.45, 2.75) is 19.6 Å². The second kappa shape index (κ2) is 10.1. The first kappa shape index (κ1) is 25.7. The van der Waals surface area contributed by atoms with E-state index in [2.05, 4.69) is 15.1 Å². The minimum Gasteiger partial charge on any atom is -0.494 e. The van der Waals surface area contributed by atoms with Crippen molar-refractivity contribution >= 4 is 39.9 Å². The van der Waals surface area contributed by atoms with Crippen molar-refractivity contribution in [3.63, 3.8) is 0 Å². The van der Waals surface area contributed by atoms with E-state index in [4.69, 9.17) is 32.5 Å². The van der Waals surface area contributed by atoms with Gasteiger partial charge in [-0.3, -0.25) is 9.78 Å². The van der Waals surface area contributed by atoms with Crippen LogP contribution in [0.15, 0.2) is 65.3 Å². The summed E-state index contributed by atoms with van der Waals surface area (Å²) in [6.07, 6.45) is -3.45. The minimum absolute atomic E-state index is 0.0101. The number of ketones is 1. The zero-order chi connectivity index (χ0) is 27.0. The number of ether oxygens (including phenoxy) is 1. The summed E-state index contributed by atoms with van der Waals surface area (Å²) < 4.78 is 55.6. The first-order chi connectivity index (χ1) is 18.2. The van der Waals surface area contributed by atoms with E-state index in [1.54, 1.807) is 25.1 Å². The molecule has 0 spiro atoms. The van der Waals surface area contributed by atoms with Gasteiger partial charge in [0.1, 0.15) is 17.1 Å². The molecule has 3 heterocycles. The van der Waals surface area contributed by atoms with Crippen molar-refractivity contribution in [1.29, 1.82) is 0 Å². The third kappa shape index (κ3) is 4.84. The fraction of sp³-hybridized carbons (Fsp3) is 0.154. The second-order valence-electron chi connectivity index (χ2n) is 8.12. The molecule has 0 aliphatic rings. The maximum absolute atomic E-state index is 14.7. The quantitative estimate of drug-likeness (QED) is 0.197. The van der Waals surface area contributed by atoms with E-state index in [9.17, 15) is 18.0 Å². The number of fused-ring (bicyclic) bond motifs is 1. The molecule has 7 nitrogen and oxygen atoms in total. The number of halogens is 5. The molecule has 3 aromatic heterocycles. The molecule has 0 aliphatic heterocycles. The van der Waals surface area contributed by atoms with Gasteiger partial charge in [-0.15, -0.1) is 0 Å². The SMILES string of the molecule is CCOc1ccc2c(c1)c(C(=O)c1nc(-c3ccccn3)no1)c(C(F)(F)F)n2Cc1ccc(Cl)cc1Cl. The van der Waals surface area contributed by atoms with Crippen molar-refractivity contribution in [1.82, 2.24) is 19.7 Å². The van der Waals surface area contributed by atoms with Gasteiger partial charge in [-0.05, 0) is 55.0 Å². The lowest BCUT2D eigenvalue weighted by Crippen LogP contribution is -2.19. The molecule has 0 atom stereocenters. The Balaban J connectivity index is 1.73. The molecule has 0 bridgehead atoms. The molecule has 0 unspecified atom stereocenters. The lowest BCUT2D eigenvalue weighted by molar-refractivity contribution is -0.143. The van der Waals surface area contributed by atoms with Crippen LogP contribution in [0.1, 0.15) is 34.4 Å². The molecule has 0 amide bonds. The standard InChI is InChI=1S/C26H17Cl2F3N4O3/c1-2-37-16-8-9-20-17(12-16)21(22(36)25-33-24(34-38-25)19-5-3-4-10-32-19)23(26(29,30)31)35(20)13-14-6-7-15(27)11-18(14)28/h3-12H,2,13H2,1H3. The Labute approximate surface area is 223 Å². The van der Waals surface area contributed by atoms with E-state index >= 15 is 0 Å². The van der Waals surface area contributed by atoms with Crippen molar-refractivity contribution in [2.75, 3.05) is 6.61 Å². The molecule has 0 saturated carbocycles. The van der Waals surface area contributed by atoms with Crippen molar-refractivity contribution in [2.24, 2.45) is 0 Å². The topological polar surface area (TPSA) is 83.0 Å². The van der Waals surface area contributed by atoms with Crippen LogP contribution in [0, 0.1) is 0 Å². The Morgan fingerprint density at radius 3 is 2.61 bits per heavy atom. The van der Waals surface area contributed by atoms with Crippen LogP contribution in [0.2, 0.25) is 10.0 Å². The maximum Gasteiger partial charge on any atom is 0.432 e. The molecule has 5 aromatic rings. The van der Waals surface area contributed by atoms with Crippen LogP contribution >= 0.6 is 23.2 Å². The first-order valence-corrected chi connectivity index (χ1v) is 12.0. The summed E-state index contributed by atoms with van der Waals surface area (Å²) in [6.45, 7) is 1.73. The van der Waals surface area contributed by atoms with E-state index < -0.39 is 29.1 Å². The van der Waals surface area contributed by atoms with Crippen LogP contribution in [0.25, 0.3) is 22.4 Å². The summed E-state index contributed by atoms with van der Waals surface area (Å²) in [4.78, 5) is 21.7. The molecule has 194 valence electrons. The van der Waals surface area contributed by atoms with Crippen LogP contribution < -0.4 is 4.74 Å². The third-order valence-electron chi connectivity index (χ3n) is 5.70. The van der Waals surface area contributed by atoms with Gasteiger partial charge < -0.3 is 13.8 Å². The molecule has 0 fully saturated rings. The number of rotatable bonds is 7. The second-order valence-corrected chi connectivity index (χ2v) is 8.97. The Kier molecular flexibility index (Phi) is 6.85. The molecular weight excluding hydrogens is 544 g/mol. The summed E-state index contributed by atoms with van der Waals surface area (Å²) in [5, 5.41) is 4.27. The molecule has 5 rings (SSSR count). The predicted molar refractivity (Wildman–Crippen MR) is 135 cm³/mol. The zero-order valence-corrected chi connectivity index (χ0v) is 21.1. The van der Waals surface area contributed by atoms with Crippen LogP contribution in [-0.2, 0) is 12.7 Å². The van der Waals surface area contributed by atoms with Gasteiger partial charge >= 0.3 is 6.18 Å². The summed E-state index contributed by atoms with van der Waals surface area (Å²) in [6, 6.07) is 13.8. The van der Waals surface area contributed by atoms with Gasteiger partial charge in [-0.2, -0.15) is 18.2 Å². The number of nitrogens with zero attached hydrogens (tertiary/aromatic N) is 4. The Bertz CT molecular complexity index is 1650. The largest absolute Gasteiger partial charge is 0.494 e. The normalized spacial score (nSPS) is 11.7. The van der Waals surface area contributed by atoms with Gasteiger partial charge in [0.2, 0.25) is 5.82 Å². The van der Waals surface area contributed by atoms with E-state index in [0.29, 0.717) is 22.0 Å². The summed E-state index contributed by atoms with van der Waals surface area (Å²) in [5.74, 6) is -1.44. The zero-order valence-electron chi connectivity index (χ0n) is 19.6. The smallest absolute Gasteiger partial charge is 0.432 e. The van der Waals surface area contributed by atoms with Gasteiger partial charge in [0.25, 0.3) is 11.7 Å². The molecule has 0 aliphatic carbocycles. The van der Waals surface area contributed by atoms with Crippen LogP contribution in [-0.4, -0.2) is 32.1 Å². The number of pyridine rings is 1. The molecule has 12 heteroatoms. The van der Waals surface area contributed by atoms with E-state index in [0.717, 1.165) is 4.57 Å². The Morgan fingerprint density at radius 1 is 1.11 bits per heavy atom. The highest BCUT2D eigenvalue weighted by molar-refractivity contribution is 6.35. The van der Waals surface area contributed by atoms with E-state index in [1.807, 2.05) is 0 Å². The number of alkyl halides is 3. The predicted octanol–water partition coefficient (Wildman–Crippen LogP) is 7.09. The van der Waals surface area contributed by atoms with Crippen LogP contribution in [0.4, 0.5) is 13.2 Å². The minimum atomic E-state index is -4.93. The molecule has 38 heavy (non-hydrogen) atoms. The van der Waals surface area contributed by atoms with Crippen LogP contribution in [0.3, 0.4) is 0 Å². The number of aromatic nitrogens is 4. The Hall–Kier alpha value is -3.89. The summed E-state index contributed by atoms with van der Waals surface area (Å²) in [7, 11) is 0. The number of hydrogen-bond donors (Lipinski definition) is 0. The highest BCUT2D eigenvalue weighted by Gasteiger charge is 2.42. The summed E-state index contributed by atoms with van der Waals surface area (Å²) >= 11 is 12.3. The van der Waals surface area contributed by atoms with Crippen LogP contribution in [0.5, 0.6) is 5.75 Å². The average Bonchev–Trinajstić information content (AvgIpc) is 3.49. The number of benzene rings is 2. The van der Waals surface area contributed by atoms with Gasteiger partial charge in [-0.25, -0.2) is 0 Å². The highest BCUT2D eigenvalue weighted by atomic mass is 35.5. The monoisotopic (exact) mass is 560 g/mol. The summed E-state index contributed by atoms with van der Waals surface area (Å²) in [5.41, 5.74) is -1.02. The van der Waals surface area contributed by atoms with Gasteiger partial charge in [0.15, 0.2) is 0 Å².